The van der Waals surface area contributed by atoms with Gasteiger partial charge in [-0.25, -0.2) is 10.2 Å². The highest BCUT2D eigenvalue weighted by atomic mass is 79.9. The molecule has 0 fully saturated rings. The van der Waals surface area contributed by atoms with E-state index in [2.05, 4.69) is 26.5 Å². The third kappa shape index (κ3) is 6.83. The van der Waals surface area contributed by atoms with E-state index in [9.17, 15) is 9.59 Å². The van der Waals surface area contributed by atoms with Gasteiger partial charge in [-0.2, -0.15) is 5.10 Å². The lowest BCUT2D eigenvalue weighted by atomic mass is 10.1. The second-order valence-corrected chi connectivity index (χ2v) is 8.22. The van der Waals surface area contributed by atoms with E-state index in [1.165, 1.54) is 18.0 Å². The van der Waals surface area contributed by atoms with Crippen molar-refractivity contribution in [2.75, 3.05) is 12.4 Å². The molecule has 1 heterocycles. The van der Waals surface area contributed by atoms with Crippen LogP contribution >= 0.6 is 27.7 Å². The molecule has 0 saturated carbocycles. The predicted octanol–water partition coefficient (Wildman–Crippen LogP) is 5.27. The summed E-state index contributed by atoms with van der Waals surface area (Å²) in [4.78, 5) is 23.7. The number of carbonyl (C=O) groups is 2. The van der Waals surface area contributed by atoms with Gasteiger partial charge in [0, 0.05) is 15.8 Å². The molecule has 0 unspecified atom stereocenters. The maximum Gasteiger partial charge on any atom is 0.338 e. The fourth-order valence-electron chi connectivity index (χ4n) is 2.63. The Bertz CT molecular complexity index is 1060. The van der Waals surface area contributed by atoms with Crippen molar-refractivity contribution in [3.05, 3.63) is 82.0 Å². The summed E-state index contributed by atoms with van der Waals surface area (Å²) in [7, 11) is 0. The number of rotatable bonds is 9. The standard InChI is InChI=1S/C23H21BrN2O4S/c1-2-29-23(28)17-9-7-16(8-10-17)21-12-11-19(30-21)13-25-26-22(27)15-31-14-18-5-3-4-6-20(18)24/h3-13H,2,14-15H2,1H3,(H,26,27)/b25-13-. The van der Waals surface area contributed by atoms with E-state index in [1.807, 2.05) is 24.3 Å². The SMILES string of the molecule is CCOC(=O)c1ccc(-c2ccc(/C=N\NC(=O)CSCc3ccccc3Br)o2)cc1. The summed E-state index contributed by atoms with van der Waals surface area (Å²) in [5.74, 6) is 1.63. The molecule has 3 aromatic rings. The highest BCUT2D eigenvalue weighted by Gasteiger charge is 2.08. The maximum absolute atomic E-state index is 11.9. The maximum atomic E-state index is 11.9. The molecule has 0 aliphatic carbocycles. The molecule has 3 rings (SSSR count). The second kappa shape index (κ2) is 11.5. The second-order valence-electron chi connectivity index (χ2n) is 6.38. The minimum atomic E-state index is -0.355. The van der Waals surface area contributed by atoms with Gasteiger partial charge >= 0.3 is 5.97 Å². The molecule has 0 spiro atoms. The summed E-state index contributed by atoms with van der Waals surface area (Å²) in [6, 6.07) is 18.4. The number of carbonyl (C=O) groups excluding carboxylic acids is 2. The highest BCUT2D eigenvalue weighted by molar-refractivity contribution is 9.10. The number of benzene rings is 2. The molecule has 1 aromatic heterocycles. The number of thioether (sulfide) groups is 1. The normalized spacial score (nSPS) is 10.9. The molecule has 0 aliphatic rings. The average Bonchev–Trinajstić information content (AvgIpc) is 3.24. The van der Waals surface area contributed by atoms with E-state index < -0.39 is 0 Å². The molecule has 1 amide bonds. The number of furan rings is 1. The number of nitrogens with zero attached hydrogens (tertiary/aromatic N) is 1. The van der Waals surface area contributed by atoms with Crippen molar-refractivity contribution in [3.63, 3.8) is 0 Å². The minimum absolute atomic E-state index is 0.186. The number of hydrazone groups is 1. The first-order valence-corrected chi connectivity index (χ1v) is 11.5. The van der Waals surface area contributed by atoms with Crippen molar-refractivity contribution < 1.29 is 18.7 Å². The molecule has 0 bridgehead atoms. The number of hydrogen-bond donors (Lipinski definition) is 1. The highest BCUT2D eigenvalue weighted by Crippen LogP contribution is 2.23. The van der Waals surface area contributed by atoms with Crippen molar-refractivity contribution in [1.82, 2.24) is 5.43 Å². The van der Waals surface area contributed by atoms with Gasteiger partial charge in [0.25, 0.3) is 0 Å². The molecule has 31 heavy (non-hydrogen) atoms. The first kappa shape index (κ1) is 22.8. The number of nitrogens with one attached hydrogen (secondary N) is 1. The van der Waals surface area contributed by atoms with Gasteiger partial charge < -0.3 is 9.15 Å². The lowest BCUT2D eigenvalue weighted by molar-refractivity contribution is -0.118. The first-order chi connectivity index (χ1) is 15.1. The quantitative estimate of drug-likeness (QED) is 0.246. The van der Waals surface area contributed by atoms with Crippen LogP contribution in [-0.2, 0) is 15.3 Å². The fourth-order valence-corrected chi connectivity index (χ4v) is 4.07. The Morgan fingerprint density at radius 2 is 1.90 bits per heavy atom. The molecule has 8 heteroatoms. The third-order valence-corrected chi connectivity index (χ3v) is 5.89. The minimum Gasteiger partial charge on any atom is -0.462 e. The van der Waals surface area contributed by atoms with Crippen LogP contribution in [0.25, 0.3) is 11.3 Å². The molecule has 160 valence electrons. The van der Waals surface area contributed by atoms with Gasteiger partial charge in [-0.3, -0.25) is 4.79 Å². The van der Waals surface area contributed by atoms with Crippen LogP contribution in [0.2, 0.25) is 0 Å². The molecule has 0 aliphatic heterocycles. The fraction of sp³-hybridized carbons (Fsp3) is 0.174. The monoisotopic (exact) mass is 500 g/mol. The molecule has 1 N–H and O–H groups in total. The van der Waals surface area contributed by atoms with Crippen LogP contribution < -0.4 is 5.43 Å². The Balaban J connectivity index is 1.47. The Hall–Kier alpha value is -2.84. The largest absolute Gasteiger partial charge is 0.462 e. The van der Waals surface area contributed by atoms with Crippen LogP contribution in [0.5, 0.6) is 0 Å². The average molecular weight is 501 g/mol. The number of halogens is 1. The summed E-state index contributed by atoms with van der Waals surface area (Å²) < 4.78 is 11.7. The molecular formula is C23H21BrN2O4S. The number of amides is 1. The Labute approximate surface area is 193 Å². The van der Waals surface area contributed by atoms with Crippen LogP contribution in [0.1, 0.15) is 28.6 Å². The van der Waals surface area contributed by atoms with Crippen LogP contribution in [0.4, 0.5) is 0 Å². The van der Waals surface area contributed by atoms with Crippen LogP contribution in [0.15, 0.2) is 74.7 Å². The molecular weight excluding hydrogens is 480 g/mol. The van der Waals surface area contributed by atoms with E-state index >= 15 is 0 Å². The van der Waals surface area contributed by atoms with Crippen LogP contribution in [-0.4, -0.2) is 30.5 Å². The van der Waals surface area contributed by atoms with Crippen LogP contribution in [0.3, 0.4) is 0 Å². The Morgan fingerprint density at radius 1 is 1.13 bits per heavy atom. The van der Waals surface area contributed by atoms with Crippen molar-refractivity contribution in [2.45, 2.75) is 12.7 Å². The molecule has 6 nitrogen and oxygen atoms in total. The van der Waals surface area contributed by atoms with E-state index in [4.69, 9.17) is 9.15 Å². The molecule has 0 atom stereocenters. The zero-order chi connectivity index (χ0) is 22.1. The van der Waals surface area contributed by atoms with Gasteiger partial charge in [-0.05, 0) is 42.8 Å². The van der Waals surface area contributed by atoms with Crippen molar-refractivity contribution in [2.24, 2.45) is 5.10 Å². The van der Waals surface area contributed by atoms with Gasteiger partial charge in [0.2, 0.25) is 5.91 Å². The number of ether oxygens (including phenoxy) is 1. The zero-order valence-corrected chi connectivity index (χ0v) is 19.2. The molecule has 0 saturated heterocycles. The summed E-state index contributed by atoms with van der Waals surface area (Å²) in [6.45, 7) is 2.10. The van der Waals surface area contributed by atoms with Crippen LogP contribution in [0, 0.1) is 0 Å². The molecule has 0 radical (unpaired) electrons. The third-order valence-electron chi connectivity index (χ3n) is 4.14. The van der Waals surface area contributed by atoms with Crippen molar-refractivity contribution in [3.8, 4) is 11.3 Å². The Morgan fingerprint density at radius 3 is 2.65 bits per heavy atom. The Kier molecular flexibility index (Phi) is 8.49. The van der Waals surface area contributed by atoms with E-state index in [1.54, 1.807) is 43.3 Å². The summed E-state index contributed by atoms with van der Waals surface area (Å²) in [6.07, 6.45) is 1.45. The van der Waals surface area contributed by atoms with Crippen molar-refractivity contribution >= 4 is 45.8 Å². The lowest BCUT2D eigenvalue weighted by Gasteiger charge is -2.03. The topological polar surface area (TPSA) is 80.9 Å². The van der Waals surface area contributed by atoms with E-state index in [0.29, 0.717) is 29.4 Å². The van der Waals surface area contributed by atoms with E-state index in [0.717, 1.165) is 21.4 Å². The van der Waals surface area contributed by atoms with Gasteiger partial charge in [0.05, 0.1) is 24.1 Å². The van der Waals surface area contributed by atoms with Gasteiger partial charge in [-0.1, -0.05) is 46.3 Å². The number of hydrogen-bond acceptors (Lipinski definition) is 6. The van der Waals surface area contributed by atoms with Gasteiger partial charge in [0.15, 0.2) is 0 Å². The van der Waals surface area contributed by atoms with Gasteiger partial charge in [-0.15, -0.1) is 11.8 Å². The first-order valence-electron chi connectivity index (χ1n) is 9.57. The molecule has 2 aromatic carbocycles. The summed E-state index contributed by atoms with van der Waals surface area (Å²) in [5.41, 5.74) is 4.95. The van der Waals surface area contributed by atoms with Crippen molar-refractivity contribution in [1.29, 1.82) is 0 Å². The zero-order valence-electron chi connectivity index (χ0n) is 16.8. The summed E-state index contributed by atoms with van der Waals surface area (Å²) >= 11 is 5.01. The van der Waals surface area contributed by atoms with E-state index in [-0.39, 0.29) is 11.9 Å². The number of esters is 1. The lowest BCUT2D eigenvalue weighted by Crippen LogP contribution is -2.19. The predicted molar refractivity (Wildman–Crippen MR) is 126 cm³/mol. The summed E-state index contributed by atoms with van der Waals surface area (Å²) in [5, 5.41) is 3.95. The smallest absolute Gasteiger partial charge is 0.338 e. The van der Waals surface area contributed by atoms with Gasteiger partial charge in [0.1, 0.15) is 11.5 Å².